The number of aryl methyl sites for hydroxylation is 2. The Morgan fingerprint density at radius 3 is 2.50 bits per heavy atom. The van der Waals surface area contributed by atoms with Crippen molar-refractivity contribution in [2.24, 2.45) is 5.73 Å². The van der Waals surface area contributed by atoms with Gasteiger partial charge in [0.25, 0.3) is 0 Å². The number of ether oxygens (including phenoxy) is 1. The molecule has 3 N–H and O–H groups in total. The molecule has 88 valence electrons. The quantitative estimate of drug-likeness (QED) is 0.810. The van der Waals surface area contributed by atoms with Crippen LogP contribution in [0.25, 0.3) is 0 Å². The normalized spacial score (nSPS) is 12.2. The lowest BCUT2D eigenvalue weighted by Crippen LogP contribution is -2.22. The Kier molecular flexibility index (Phi) is 3.90. The van der Waals surface area contributed by atoms with Gasteiger partial charge in [0.2, 0.25) is 0 Å². The third-order valence-electron chi connectivity index (χ3n) is 2.69. The fourth-order valence-electron chi connectivity index (χ4n) is 1.77. The van der Waals surface area contributed by atoms with Gasteiger partial charge in [-0.2, -0.15) is 0 Å². The van der Waals surface area contributed by atoms with E-state index in [0.29, 0.717) is 0 Å². The monoisotopic (exact) mass is 223 g/mol. The van der Waals surface area contributed by atoms with E-state index < -0.39 is 11.9 Å². The van der Waals surface area contributed by atoms with Crippen LogP contribution in [0, 0.1) is 13.8 Å². The van der Waals surface area contributed by atoms with E-state index in [0.717, 1.165) is 22.4 Å². The van der Waals surface area contributed by atoms with E-state index in [4.69, 9.17) is 15.6 Å². The van der Waals surface area contributed by atoms with E-state index in [-0.39, 0.29) is 6.54 Å². The van der Waals surface area contributed by atoms with Crippen molar-refractivity contribution >= 4 is 5.97 Å². The highest BCUT2D eigenvalue weighted by Crippen LogP contribution is 2.27. The lowest BCUT2D eigenvalue weighted by atomic mass is 9.93. The summed E-state index contributed by atoms with van der Waals surface area (Å²) in [5.74, 6) is -0.776. The molecule has 0 fully saturated rings. The summed E-state index contributed by atoms with van der Waals surface area (Å²) in [6.07, 6.45) is 0. The molecule has 16 heavy (non-hydrogen) atoms. The summed E-state index contributed by atoms with van der Waals surface area (Å²) < 4.78 is 5.18. The molecule has 0 heterocycles. The number of hydrogen-bond donors (Lipinski definition) is 2. The highest BCUT2D eigenvalue weighted by atomic mass is 16.5. The average Bonchev–Trinajstić information content (AvgIpc) is 2.23. The molecule has 0 aliphatic carbocycles. The van der Waals surface area contributed by atoms with E-state index in [2.05, 4.69) is 0 Å². The molecule has 0 aliphatic rings. The van der Waals surface area contributed by atoms with Crippen LogP contribution in [0.2, 0.25) is 0 Å². The van der Waals surface area contributed by atoms with Crippen molar-refractivity contribution in [2.45, 2.75) is 19.8 Å². The third-order valence-corrected chi connectivity index (χ3v) is 2.69. The van der Waals surface area contributed by atoms with E-state index in [1.165, 1.54) is 0 Å². The van der Waals surface area contributed by atoms with Crippen molar-refractivity contribution in [1.29, 1.82) is 0 Å². The fourth-order valence-corrected chi connectivity index (χ4v) is 1.77. The van der Waals surface area contributed by atoms with Crippen LogP contribution >= 0.6 is 0 Å². The first-order valence-electron chi connectivity index (χ1n) is 5.09. The van der Waals surface area contributed by atoms with Gasteiger partial charge in [-0.15, -0.1) is 0 Å². The van der Waals surface area contributed by atoms with Gasteiger partial charge in [-0.25, -0.2) is 0 Å². The van der Waals surface area contributed by atoms with Crippen molar-refractivity contribution in [2.75, 3.05) is 13.7 Å². The first-order chi connectivity index (χ1) is 7.51. The summed E-state index contributed by atoms with van der Waals surface area (Å²) in [6.45, 7) is 3.85. The largest absolute Gasteiger partial charge is 0.496 e. The first-order valence-corrected chi connectivity index (χ1v) is 5.09. The molecule has 4 nitrogen and oxygen atoms in total. The summed E-state index contributed by atoms with van der Waals surface area (Å²) in [7, 11) is 1.60. The summed E-state index contributed by atoms with van der Waals surface area (Å²) in [4.78, 5) is 11.0. The van der Waals surface area contributed by atoms with Gasteiger partial charge in [0, 0.05) is 6.54 Å². The van der Waals surface area contributed by atoms with Crippen molar-refractivity contribution in [1.82, 2.24) is 0 Å². The van der Waals surface area contributed by atoms with Crippen molar-refractivity contribution in [3.63, 3.8) is 0 Å². The van der Waals surface area contributed by atoms with Gasteiger partial charge >= 0.3 is 5.97 Å². The van der Waals surface area contributed by atoms with Crippen LogP contribution in [0.3, 0.4) is 0 Å². The number of carbonyl (C=O) groups is 1. The third kappa shape index (κ3) is 2.33. The van der Waals surface area contributed by atoms with Crippen LogP contribution in [0.5, 0.6) is 5.75 Å². The molecule has 0 aromatic heterocycles. The Balaban J connectivity index is 3.24. The van der Waals surface area contributed by atoms with Crippen LogP contribution in [0.15, 0.2) is 12.1 Å². The average molecular weight is 223 g/mol. The minimum atomic E-state index is -0.893. The molecule has 1 aromatic rings. The van der Waals surface area contributed by atoms with E-state index >= 15 is 0 Å². The van der Waals surface area contributed by atoms with Gasteiger partial charge in [-0.05, 0) is 36.6 Å². The van der Waals surface area contributed by atoms with E-state index in [1.807, 2.05) is 26.0 Å². The van der Waals surface area contributed by atoms with Gasteiger partial charge < -0.3 is 15.6 Å². The second kappa shape index (κ2) is 4.99. The second-order valence-corrected chi connectivity index (χ2v) is 3.80. The van der Waals surface area contributed by atoms with Gasteiger partial charge in [0.1, 0.15) is 5.75 Å². The molecule has 0 saturated heterocycles. The van der Waals surface area contributed by atoms with Crippen LogP contribution in [0.4, 0.5) is 0 Å². The Morgan fingerprint density at radius 2 is 2.06 bits per heavy atom. The fraction of sp³-hybridized carbons (Fsp3) is 0.417. The zero-order chi connectivity index (χ0) is 12.3. The van der Waals surface area contributed by atoms with Crippen molar-refractivity contribution < 1.29 is 14.6 Å². The molecule has 0 amide bonds. The number of aliphatic carboxylic acids is 1. The zero-order valence-corrected chi connectivity index (χ0v) is 9.78. The van der Waals surface area contributed by atoms with E-state index in [1.54, 1.807) is 7.11 Å². The molecule has 1 rings (SSSR count). The lowest BCUT2D eigenvalue weighted by Gasteiger charge is -2.16. The molecular weight excluding hydrogens is 206 g/mol. The molecule has 0 spiro atoms. The maximum absolute atomic E-state index is 11.0. The summed E-state index contributed by atoms with van der Waals surface area (Å²) in [5, 5.41) is 9.06. The highest BCUT2D eigenvalue weighted by Gasteiger charge is 2.20. The van der Waals surface area contributed by atoms with Crippen LogP contribution in [0.1, 0.15) is 22.6 Å². The Bertz CT molecular complexity index is 401. The number of benzene rings is 1. The molecular formula is C12H17NO3. The number of nitrogens with two attached hydrogens (primary N) is 1. The highest BCUT2D eigenvalue weighted by molar-refractivity contribution is 5.77. The minimum absolute atomic E-state index is 0.0991. The summed E-state index contributed by atoms with van der Waals surface area (Å²) in [6, 6.07) is 3.68. The number of carboxylic acids is 1. The SMILES string of the molecule is COc1cc(C)c(C(CN)C(=O)O)cc1C. The van der Waals surface area contributed by atoms with Gasteiger partial charge in [-0.1, -0.05) is 6.07 Å². The standard InChI is InChI=1S/C12H17NO3/c1-7-5-11(16-3)8(2)4-9(7)10(6-13)12(14)15/h4-5,10H,6,13H2,1-3H3,(H,14,15). The molecule has 0 saturated carbocycles. The molecule has 0 aliphatic heterocycles. The number of rotatable bonds is 4. The molecule has 1 aromatic carbocycles. The number of hydrogen-bond acceptors (Lipinski definition) is 3. The van der Waals surface area contributed by atoms with Crippen molar-refractivity contribution in [3.8, 4) is 5.75 Å². The Hall–Kier alpha value is -1.55. The topological polar surface area (TPSA) is 72.5 Å². The Morgan fingerprint density at radius 1 is 1.44 bits per heavy atom. The second-order valence-electron chi connectivity index (χ2n) is 3.80. The van der Waals surface area contributed by atoms with Gasteiger partial charge in [0.05, 0.1) is 13.0 Å². The number of methoxy groups -OCH3 is 1. The summed E-state index contributed by atoms with van der Waals surface area (Å²) in [5.41, 5.74) is 8.05. The molecule has 4 heteroatoms. The smallest absolute Gasteiger partial charge is 0.312 e. The van der Waals surface area contributed by atoms with Crippen molar-refractivity contribution in [3.05, 3.63) is 28.8 Å². The molecule has 1 atom stereocenters. The minimum Gasteiger partial charge on any atom is -0.496 e. The maximum atomic E-state index is 11.0. The van der Waals surface area contributed by atoms with Crippen LogP contribution < -0.4 is 10.5 Å². The molecule has 0 bridgehead atoms. The van der Waals surface area contributed by atoms with Gasteiger partial charge in [-0.3, -0.25) is 4.79 Å². The van der Waals surface area contributed by atoms with Crippen LogP contribution in [-0.2, 0) is 4.79 Å². The lowest BCUT2D eigenvalue weighted by molar-refractivity contribution is -0.138. The van der Waals surface area contributed by atoms with Crippen LogP contribution in [-0.4, -0.2) is 24.7 Å². The summed E-state index contributed by atoms with van der Waals surface area (Å²) >= 11 is 0. The van der Waals surface area contributed by atoms with Gasteiger partial charge in [0.15, 0.2) is 0 Å². The van der Waals surface area contributed by atoms with E-state index in [9.17, 15) is 4.79 Å². The molecule has 1 unspecified atom stereocenters. The predicted octanol–water partition coefficient (Wildman–Crippen LogP) is 1.44. The Labute approximate surface area is 95.0 Å². The number of carboxylic acid groups (broad SMARTS) is 1. The first kappa shape index (κ1) is 12.5. The predicted molar refractivity (Wildman–Crippen MR) is 61.9 cm³/mol. The zero-order valence-electron chi connectivity index (χ0n) is 9.78. The molecule has 0 radical (unpaired) electrons. The maximum Gasteiger partial charge on any atom is 0.312 e.